The summed E-state index contributed by atoms with van der Waals surface area (Å²) in [5.41, 5.74) is 6.33. The van der Waals surface area contributed by atoms with Gasteiger partial charge in [0.05, 0.1) is 0 Å². The van der Waals surface area contributed by atoms with Crippen LogP contribution in [-0.4, -0.2) is 17.0 Å². The molecule has 4 N–H and O–H groups in total. The van der Waals surface area contributed by atoms with Crippen molar-refractivity contribution >= 4 is 17.4 Å². The van der Waals surface area contributed by atoms with Gasteiger partial charge in [-0.05, 0) is 31.9 Å². The molecule has 0 bridgehead atoms. The second-order valence-corrected chi connectivity index (χ2v) is 4.97. The molecule has 19 heavy (non-hydrogen) atoms. The van der Waals surface area contributed by atoms with E-state index in [4.69, 9.17) is 10.9 Å². The first kappa shape index (κ1) is 15.0. The van der Waals surface area contributed by atoms with E-state index in [1.54, 1.807) is 13.8 Å². The van der Waals surface area contributed by atoms with Crippen LogP contribution >= 0.6 is 0 Å². The number of hydrogen-bond donors (Lipinski definition) is 3. The van der Waals surface area contributed by atoms with Crippen LogP contribution in [-0.2, 0) is 11.2 Å². The van der Waals surface area contributed by atoms with Crippen LogP contribution < -0.4 is 11.1 Å². The molecule has 1 amide bonds. The maximum absolute atomic E-state index is 12.2. The second-order valence-electron chi connectivity index (χ2n) is 4.97. The molecule has 5 nitrogen and oxygen atoms in total. The van der Waals surface area contributed by atoms with Gasteiger partial charge in [-0.2, -0.15) is 0 Å². The van der Waals surface area contributed by atoms with E-state index in [1.165, 1.54) is 0 Å². The molecule has 0 atom stereocenters. The number of carbonyl (C=O) groups is 1. The molecule has 1 aromatic carbocycles. The van der Waals surface area contributed by atoms with Crippen LogP contribution in [0.4, 0.5) is 5.69 Å². The zero-order chi connectivity index (χ0) is 14.5. The fraction of sp³-hybridized carbons (Fsp3) is 0.429. The van der Waals surface area contributed by atoms with Gasteiger partial charge in [-0.1, -0.05) is 36.7 Å². The minimum atomic E-state index is -1.06. The number of carbonyl (C=O) groups excluding carboxylic acids is 1. The number of nitrogens with zero attached hydrogens (tertiary/aromatic N) is 1. The van der Waals surface area contributed by atoms with E-state index in [0.717, 1.165) is 24.1 Å². The first-order chi connectivity index (χ1) is 8.93. The predicted octanol–water partition coefficient (Wildman–Crippen LogP) is 2.35. The van der Waals surface area contributed by atoms with Crippen LogP contribution in [0.2, 0.25) is 0 Å². The summed E-state index contributed by atoms with van der Waals surface area (Å²) in [6.45, 7) is 5.30. The lowest BCUT2D eigenvalue weighted by molar-refractivity contribution is -0.121. The number of rotatable bonds is 5. The maximum Gasteiger partial charge on any atom is 0.237 e. The fourth-order valence-electron chi connectivity index (χ4n) is 1.65. The van der Waals surface area contributed by atoms with Crippen molar-refractivity contribution in [3.05, 3.63) is 29.8 Å². The van der Waals surface area contributed by atoms with Gasteiger partial charge in [0.25, 0.3) is 0 Å². The van der Waals surface area contributed by atoms with E-state index < -0.39 is 5.41 Å². The summed E-state index contributed by atoms with van der Waals surface area (Å²) in [5, 5.41) is 14.5. The monoisotopic (exact) mass is 263 g/mol. The molecule has 0 heterocycles. The maximum atomic E-state index is 12.2. The van der Waals surface area contributed by atoms with Gasteiger partial charge in [-0.3, -0.25) is 4.79 Å². The van der Waals surface area contributed by atoms with E-state index in [1.807, 2.05) is 24.3 Å². The number of amidine groups is 1. The molecule has 104 valence electrons. The Morgan fingerprint density at radius 2 is 2.05 bits per heavy atom. The van der Waals surface area contributed by atoms with Gasteiger partial charge >= 0.3 is 0 Å². The molecule has 0 saturated heterocycles. The first-order valence-corrected chi connectivity index (χ1v) is 6.30. The van der Waals surface area contributed by atoms with Crippen LogP contribution in [0.1, 0.15) is 32.8 Å². The lowest BCUT2D eigenvalue weighted by atomic mass is 9.90. The molecule has 0 spiro atoms. The van der Waals surface area contributed by atoms with Crippen molar-refractivity contribution in [2.75, 3.05) is 5.32 Å². The van der Waals surface area contributed by atoms with Crippen molar-refractivity contribution in [3.8, 4) is 0 Å². The van der Waals surface area contributed by atoms with Gasteiger partial charge in [0, 0.05) is 5.69 Å². The number of para-hydroxylation sites is 1. The number of anilines is 1. The number of aryl methyl sites for hydroxylation is 1. The summed E-state index contributed by atoms with van der Waals surface area (Å²) < 4.78 is 0. The van der Waals surface area contributed by atoms with E-state index in [0.29, 0.717) is 0 Å². The van der Waals surface area contributed by atoms with Crippen molar-refractivity contribution in [3.63, 3.8) is 0 Å². The number of nitrogens with two attached hydrogens (primary N) is 1. The quantitative estimate of drug-likeness (QED) is 0.330. The largest absolute Gasteiger partial charge is 0.409 e. The molecule has 0 aliphatic rings. The topological polar surface area (TPSA) is 87.7 Å². The molecule has 0 aliphatic carbocycles. The minimum Gasteiger partial charge on any atom is -0.409 e. The Bertz CT molecular complexity index is 481. The Hall–Kier alpha value is -2.04. The average Bonchev–Trinajstić information content (AvgIpc) is 2.40. The van der Waals surface area contributed by atoms with Gasteiger partial charge in [0.15, 0.2) is 5.84 Å². The zero-order valence-corrected chi connectivity index (χ0v) is 11.6. The molecule has 1 aromatic rings. The van der Waals surface area contributed by atoms with Gasteiger partial charge in [0.1, 0.15) is 5.41 Å². The molecule has 0 unspecified atom stereocenters. The van der Waals surface area contributed by atoms with Gasteiger partial charge in [0.2, 0.25) is 5.91 Å². The van der Waals surface area contributed by atoms with Crippen molar-refractivity contribution in [2.24, 2.45) is 16.3 Å². The molecule has 0 saturated carbocycles. The first-order valence-electron chi connectivity index (χ1n) is 6.30. The third kappa shape index (κ3) is 3.47. The van der Waals surface area contributed by atoms with Crippen molar-refractivity contribution < 1.29 is 10.0 Å². The molecule has 0 fully saturated rings. The number of hydrogen-bond acceptors (Lipinski definition) is 3. The lowest BCUT2D eigenvalue weighted by Crippen LogP contribution is -2.42. The summed E-state index contributed by atoms with van der Waals surface area (Å²) >= 11 is 0. The van der Waals surface area contributed by atoms with Gasteiger partial charge in [-0.25, -0.2) is 0 Å². The number of oxime groups is 1. The normalized spacial score (nSPS) is 12.3. The van der Waals surface area contributed by atoms with Crippen LogP contribution in [0, 0.1) is 5.41 Å². The van der Waals surface area contributed by atoms with E-state index in [2.05, 4.69) is 17.4 Å². The lowest BCUT2D eigenvalue weighted by Gasteiger charge is -2.22. The Morgan fingerprint density at radius 3 is 2.63 bits per heavy atom. The summed E-state index contributed by atoms with van der Waals surface area (Å²) in [7, 11) is 0. The fourth-order valence-corrected chi connectivity index (χ4v) is 1.65. The number of nitrogens with one attached hydrogen (secondary N) is 1. The molecule has 5 heteroatoms. The molecular weight excluding hydrogens is 242 g/mol. The molecular formula is C14H21N3O2. The molecule has 1 rings (SSSR count). The van der Waals surface area contributed by atoms with Gasteiger partial charge < -0.3 is 16.3 Å². The Labute approximate surface area is 113 Å². The summed E-state index contributed by atoms with van der Waals surface area (Å²) in [6, 6.07) is 7.64. The zero-order valence-electron chi connectivity index (χ0n) is 11.6. The van der Waals surface area contributed by atoms with Crippen molar-refractivity contribution in [1.29, 1.82) is 0 Å². The third-order valence-electron chi connectivity index (χ3n) is 3.10. The summed E-state index contributed by atoms with van der Waals surface area (Å²) in [6.07, 6.45) is 1.89. The van der Waals surface area contributed by atoms with E-state index >= 15 is 0 Å². The Balaban J connectivity index is 2.94. The van der Waals surface area contributed by atoms with Crippen LogP contribution in [0.25, 0.3) is 0 Å². The number of amides is 1. The highest BCUT2D eigenvalue weighted by Gasteiger charge is 2.33. The van der Waals surface area contributed by atoms with Crippen LogP contribution in [0.15, 0.2) is 29.4 Å². The predicted molar refractivity (Wildman–Crippen MR) is 76.3 cm³/mol. The Kier molecular flexibility index (Phi) is 4.92. The van der Waals surface area contributed by atoms with Crippen molar-refractivity contribution in [2.45, 2.75) is 33.6 Å². The SMILES string of the molecule is CCCc1ccccc1NC(=O)C(C)(C)C(N)=NO. The highest BCUT2D eigenvalue weighted by molar-refractivity contribution is 6.11. The van der Waals surface area contributed by atoms with Crippen molar-refractivity contribution in [1.82, 2.24) is 0 Å². The Morgan fingerprint density at radius 1 is 1.42 bits per heavy atom. The van der Waals surface area contributed by atoms with Gasteiger partial charge in [-0.15, -0.1) is 0 Å². The average molecular weight is 263 g/mol. The number of benzene rings is 1. The van der Waals surface area contributed by atoms with Crippen LogP contribution in [0.5, 0.6) is 0 Å². The highest BCUT2D eigenvalue weighted by atomic mass is 16.4. The molecule has 0 aliphatic heterocycles. The minimum absolute atomic E-state index is 0.113. The van der Waals surface area contributed by atoms with E-state index in [9.17, 15) is 4.79 Å². The highest BCUT2D eigenvalue weighted by Crippen LogP contribution is 2.22. The van der Waals surface area contributed by atoms with Crippen LogP contribution in [0.3, 0.4) is 0 Å². The second kappa shape index (κ2) is 6.22. The standard InChI is InChI=1S/C14H21N3O2/c1-4-7-10-8-5-6-9-11(10)16-13(18)14(2,3)12(15)17-19/h5-6,8-9,19H,4,7H2,1-3H3,(H2,15,17)(H,16,18). The summed E-state index contributed by atoms with van der Waals surface area (Å²) in [5.74, 6) is -0.413. The third-order valence-corrected chi connectivity index (χ3v) is 3.10. The smallest absolute Gasteiger partial charge is 0.237 e. The molecule has 0 aromatic heterocycles. The van der Waals surface area contributed by atoms with E-state index in [-0.39, 0.29) is 11.7 Å². The molecule has 0 radical (unpaired) electrons. The summed E-state index contributed by atoms with van der Waals surface area (Å²) in [4.78, 5) is 12.2.